The molecule has 7 heteroatoms. The highest BCUT2D eigenvalue weighted by Crippen LogP contribution is 2.38. The zero-order valence-electron chi connectivity index (χ0n) is 19.1. The maximum atomic E-state index is 12.8. The molecule has 0 radical (unpaired) electrons. The number of phenolic OH excluding ortho intramolecular Hbond substituents is 1. The van der Waals surface area contributed by atoms with E-state index >= 15 is 0 Å². The van der Waals surface area contributed by atoms with Crippen molar-refractivity contribution in [1.82, 2.24) is 15.1 Å². The maximum absolute atomic E-state index is 12.8. The van der Waals surface area contributed by atoms with E-state index in [2.05, 4.69) is 15.7 Å². The summed E-state index contributed by atoms with van der Waals surface area (Å²) in [5.74, 6) is 0.0889. The van der Waals surface area contributed by atoms with Crippen LogP contribution in [0.3, 0.4) is 0 Å². The third kappa shape index (κ3) is 4.92. The zero-order chi connectivity index (χ0) is 23.4. The van der Waals surface area contributed by atoms with Gasteiger partial charge in [0.2, 0.25) is 0 Å². The maximum Gasteiger partial charge on any atom is 0.342 e. The van der Waals surface area contributed by atoms with Crippen molar-refractivity contribution >= 4 is 17.6 Å². The van der Waals surface area contributed by atoms with E-state index in [1.54, 1.807) is 18.2 Å². The van der Waals surface area contributed by atoms with E-state index in [9.17, 15) is 14.7 Å². The van der Waals surface area contributed by atoms with Crippen LogP contribution in [0.25, 0.3) is 11.3 Å². The number of anilines is 1. The number of carbonyl (C=O) groups is 2. The zero-order valence-corrected chi connectivity index (χ0v) is 19.1. The Kier molecular flexibility index (Phi) is 6.77. The largest absolute Gasteiger partial charge is 0.507 e. The van der Waals surface area contributed by atoms with Gasteiger partial charge in [0.15, 0.2) is 0 Å². The van der Waals surface area contributed by atoms with Crippen molar-refractivity contribution in [3.8, 4) is 17.0 Å². The monoisotopic (exact) mass is 446 g/mol. The van der Waals surface area contributed by atoms with Crippen molar-refractivity contribution in [2.75, 3.05) is 11.9 Å². The summed E-state index contributed by atoms with van der Waals surface area (Å²) in [6.07, 6.45) is 5.14. The van der Waals surface area contributed by atoms with Gasteiger partial charge in [0, 0.05) is 29.3 Å². The number of benzene rings is 2. The Labute approximate surface area is 193 Å². The lowest BCUT2D eigenvalue weighted by atomic mass is 10.0. The number of aromatic hydroxyl groups is 1. The predicted octanol–water partition coefficient (Wildman–Crippen LogP) is 5.44. The number of rotatable bonds is 6. The van der Waals surface area contributed by atoms with E-state index in [0.717, 1.165) is 43.4 Å². The minimum Gasteiger partial charge on any atom is -0.507 e. The predicted molar refractivity (Wildman–Crippen MR) is 129 cm³/mol. The smallest absolute Gasteiger partial charge is 0.342 e. The normalized spacial score (nSPS) is 13.8. The second-order valence-electron chi connectivity index (χ2n) is 8.58. The molecular weight excluding hydrogens is 416 g/mol. The van der Waals surface area contributed by atoms with Gasteiger partial charge in [0.05, 0.1) is 11.4 Å². The van der Waals surface area contributed by atoms with Gasteiger partial charge in [-0.2, -0.15) is 9.78 Å². The molecule has 2 amide bonds. The average Bonchev–Trinajstić information content (AvgIpc) is 3.49. The average molecular weight is 447 g/mol. The summed E-state index contributed by atoms with van der Waals surface area (Å²) < 4.78 is 1.44. The lowest BCUT2D eigenvalue weighted by molar-refractivity contribution is 0.102. The fourth-order valence-corrected chi connectivity index (χ4v) is 4.35. The van der Waals surface area contributed by atoms with Gasteiger partial charge in [-0.05, 0) is 62.1 Å². The molecule has 1 aliphatic carbocycles. The number of aromatic nitrogens is 2. The summed E-state index contributed by atoms with van der Waals surface area (Å²) in [7, 11) is 0. The molecule has 0 aliphatic heterocycles. The Morgan fingerprint density at radius 1 is 1.12 bits per heavy atom. The molecule has 0 atom stereocenters. The van der Waals surface area contributed by atoms with Crippen molar-refractivity contribution in [2.24, 2.45) is 0 Å². The number of aryl methyl sites for hydroxylation is 1. The molecule has 3 N–H and O–H groups in total. The highest BCUT2D eigenvalue weighted by Gasteiger charge is 2.26. The van der Waals surface area contributed by atoms with Gasteiger partial charge in [0.1, 0.15) is 5.75 Å². The molecule has 0 saturated heterocycles. The van der Waals surface area contributed by atoms with Crippen molar-refractivity contribution < 1.29 is 14.7 Å². The Morgan fingerprint density at radius 2 is 1.88 bits per heavy atom. The van der Waals surface area contributed by atoms with Crippen LogP contribution in [0.2, 0.25) is 0 Å². The first-order valence-corrected chi connectivity index (χ1v) is 11.6. The summed E-state index contributed by atoms with van der Waals surface area (Å²) in [6.45, 7) is 4.46. The number of nitrogens with one attached hydrogen (secondary N) is 2. The van der Waals surface area contributed by atoms with Crippen molar-refractivity contribution in [1.29, 1.82) is 0 Å². The van der Waals surface area contributed by atoms with Crippen molar-refractivity contribution in [3.05, 3.63) is 65.4 Å². The van der Waals surface area contributed by atoms with Gasteiger partial charge in [-0.15, -0.1) is 0 Å². The molecule has 0 bridgehead atoms. The summed E-state index contributed by atoms with van der Waals surface area (Å²) >= 11 is 0. The topological polar surface area (TPSA) is 96.3 Å². The molecule has 172 valence electrons. The molecule has 7 nitrogen and oxygen atoms in total. The Balaban J connectivity index is 1.66. The molecule has 1 aliphatic rings. The fourth-order valence-electron chi connectivity index (χ4n) is 4.35. The van der Waals surface area contributed by atoms with E-state index in [0.29, 0.717) is 29.1 Å². The first-order chi connectivity index (χ1) is 16.0. The fraction of sp³-hybridized carbons (Fsp3) is 0.346. The Hall–Kier alpha value is -3.61. The summed E-state index contributed by atoms with van der Waals surface area (Å²) in [5.41, 5.74) is 3.86. The summed E-state index contributed by atoms with van der Waals surface area (Å²) in [5, 5.41) is 20.9. The van der Waals surface area contributed by atoms with Crippen LogP contribution in [-0.4, -0.2) is 33.4 Å². The molecule has 1 saturated carbocycles. The van der Waals surface area contributed by atoms with Gasteiger partial charge in [-0.1, -0.05) is 38.0 Å². The standard InChI is InChI=1S/C26H30N4O3/c1-3-14-27-26(33)30-23(18-9-5-6-10-18)16-22(29-30)21-15-19(12-13-24(21)31)28-25(32)20-11-7-4-8-17(20)2/h4,7-8,11-13,15-16,18,31H,3,5-6,9-10,14H2,1-2H3,(H,27,33)(H,28,32). The molecule has 2 aromatic carbocycles. The number of nitrogens with zero attached hydrogens (tertiary/aromatic N) is 2. The van der Waals surface area contributed by atoms with Crippen LogP contribution in [-0.2, 0) is 0 Å². The van der Waals surface area contributed by atoms with E-state index in [1.165, 1.54) is 10.7 Å². The second kappa shape index (κ2) is 9.90. The molecule has 1 fully saturated rings. The lowest BCUT2D eigenvalue weighted by Gasteiger charge is -2.11. The minimum absolute atomic E-state index is 0.0421. The first kappa shape index (κ1) is 22.6. The molecular formula is C26H30N4O3. The van der Waals surface area contributed by atoms with Crippen LogP contribution < -0.4 is 10.6 Å². The highest BCUT2D eigenvalue weighted by molar-refractivity contribution is 6.05. The highest BCUT2D eigenvalue weighted by atomic mass is 16.3. The van der Waals surface area contributed by atoms with E-state index in [1.807, 2.05) is 38.1 Å². The molecule has 1 heterocycles. The molecule has 3 aromatic rings. The first-order valence-electron chi connectivity index (χ1n) is 11.6. The number of hydrogen-bond donors (Lipinski definition) is 3. The third-order valence-corrected chi connectivity index (χ3v) is 6.15. The van der Waals surface area contributed by atoms with Gasteiger partial charge in [0.25, 0.3) is 5.91 Å². The van der Waals surface area contributed by atoms with Gasteiger partial charge in [-0.3, -0.25) is 4.79 Å². The second-order valence-corrected chi connectivity index (χ2v) is 8.58. The number of hydrogen-bond acceptors (Lipinski definition) is 4. The minimum atomic E-state index is -0.256. The van der Waals surface area contributed by atoms with Crippen LogP contribution in [0.15, 0.2) is 48.5 Å². The summed E-state index contributed by atoms with van der Waals surface area (Å²) in [4.78, 5) is 25.5. The van der Waals surface area contributed by atoms with Gasteiger partial charge >= 0.3 is 6.03 Å². The molecule has 33 heavy (non-hydrogen) atoms. The third-order valence-electron chi connectivity index (χ3n) is 6.15. The Bertz CT molecular complexity index is 1160. The van der Waals surface area contributed by atoms with E-state index in [4.69, 9.17) is 0 Å². The van der Waals surface area contributed by atoms with Crippen LogP contribution in [0.5, 0.6) is 5.75 Å². The van der Waals surface area contributed by atoms with E-state index in [-0.39, 0.29) is 23.6 Å². The summed E-state index contributed by atoms with van der Waals surface area (Å²) in [6, 6.07) is 13.9. The van der Waals surface area contributed by atoms with Crippen LogP contribution in [0.1, 0.15) is 66.6 Å². The van der Waals surface area contributed by atoms with Crippen LogP contribution >= 0.6 is 0 Å². The molecule has 1 aromatic heterocycles. The molecule has 0 unspecified atom stereocenters. The Morgan fingerprint density at radius 3 is 2.61 bits per heavy atom. The van der Waals surface area contributed by atoms with Crippen LogP contribution in [0, 0.1) is 6.92 Å². The van der Waals surface area contributed by atoms with Crippen molar-refractivity contribution in [2.45, 2.75) is 51.9 Å². The lowest BCUT2D eigenvalue weighted by Crippen LogP contribution is -2.31. The SMILES string of the molecule is CCCNC(=O)n1nc(-c2cc(NC(=O)c3ccccc3C)ccc2O)cc1C1CCCC1. The van der Waals surface area contributed by atoms with E-state index < -0.39 is 0 Å². The molecule has 0 spiro atoms. The number of amides is 2. The quantitative estimate of drug-likeness (QED) is 0.439. The number of carbonyl (C=O) groups excluding carboxylic acids is 2. The van der Waals surface area contributed by atoms with Gasteiger partial charge < -0.3 is 15.7 Å². The molecule has 4 rings (SSSR count). The van der Waals surface area contributed by atoms with Crippen LogP contribution in [0.4, 0.5) is 10.5 Å². The van der Waals surface area contributed by atoms with Crippen molar-refractivity contribution in [3.63, 3.8) is 0 Å². The number of phenols is 1. The van der Waals surface area contributed by atoms with Gasteiger partial charge in [-0.25, -0.2) is 4.79 Å².